The van der Waals surface area contributed by atoms with E-state index >= 15 is 0 Å². The molecule has 0 aromatic heterocycles. The van der Waals surface area contributed by atoms with Gasteiger partial charge >= 0.3 is 0 Å². The fraction of sp³-hybridized carbons (Fsp3) is 0.947. The zero-order valence-corrected chi connectivity index (χ0v) is 15.0. The number of fused-ring (bicyclic) bond motifs is 3. The van der Waals surface area contributed by atoms with Crippen LogP contribution in [0.4, 0.5) is 0 Å². The van der Waals surface area contributed by atoms with Crippen molar-refractivity contribution in [3.05, 3.63) is 0 Å². The lowest BCUT2D eigenvalue weighted by atomic mass is 9.88. The van der Waals surface area contributed by atoms with Gasteiger partial charge in [-0.05, 0) is 44.1 Å². The van der Waals surface area contributed by atoms with Gasteiger partial charge in [-0.2, -0.15) is 0 Å². The molecule has 0 spiro atoms. The Morgan fingerprint density at radius 1 is 1.13 bits per heavy atom. The second-order valence-electron chi connectivity index (χ2n) is 8.18. The van der Waals surface area contributed by atoms with Gasteiger partial charge in [-0.25, -0.2) is 0 Å². The molecule has 0 aliphatic carbocycles. The molecule has 3 saturated heterocycles. The Morgan fingerprint density at radius 2 is 1.87 bits per heavy atom. The number of carbonyl (C=O) groups is 1. The minimum Gasteiger partial charge on any atom is -0.389 e. The van der Waals surface area contributed by atoms with Crippen molar-refractivity contribution in [2.75, 3.05) is 26.2 Å². The van der Waals surface area contributed by atoms with Gasteiger partial charge in [0, 0.05) is 25.7 Å². The number of amides is 1. The summed E-state index contributed by atoms with van der Waals surface area (Å²) in [4.78, 5) is 17.5. The molecule has 132 valence electrons. The molecule has 1 N–H and O–H groups in total. The highest BCUT2D eigenvalue weighted by molar-refractivity contribution is 5.77. The third-order valence-corrected chi connectivity index (χ3v) is 6.38. The number of hydrogen-bond acceptors (Lipinski definition) is 3. The van der Waals surface area contributed by atoms with Crippen LogP contribution in [0.5, 0.6) is 0 Å². The first-order valence-electron chi connectivity index (χ1n) is 9.80. The van der Waals surface area contributed by atoms with Gasteiger partial charge in [-0.3, -0.25) is 9.69 Å². The summed E-state index contributed by atoms with van der Waals surface area (Å²) in [5, 5.41) is 10.8. The highest BCUT2D eigenvalue weighted by Crippen LogP contribution is 2.40. The topological polar surface area (TPSA) is 43.8 Å². The molecule has 4 nitrogen and oxygen atoms in total. The van der Waals surface area contributed by atoms with Crippen LogP contribution in [-0.2, 0) is 4.79 Å². The lowest BCUT2D eigenvalue weighted by Crippen LogP contribution is -2.43. The van der Waals surface area contributed by atoms with Crippen LogP contribution in [0.15, 0.2) is 0 Å². The quantitative estimate of drug-likeness (QED) is 0.817. The third-order valence-electron chi connectivity index (χ3n) is 6.38. The van der Waals surface area contributed by atoms with Crippen molar-refractivity contribution in [2.24, 2.45) is 11.8 Å². The van der Waals surface area contributed by atoms with Crippen LogP contribution < -0.4 is 0 Å². The average Bonchev–Trinajstić information content (AvgIpc) is 3.05. The van der Waals surface area contributed by atoms with Crippen molar-refractivity contribution in [2.45, 2.75) is 76.9 Å². The lowest BCUT2D eigenvalue weighted by molar-refractivity contribution is -0.136. The summed E-state index contributed by atoms with van der Waals surface area (Å²) in [6, 6.07) is 0.719. The van der Waals surface area contributed by atoms with Crippen LogP contribution >= 0.6 is 0 Å². The Balaban J connectivity index is 1.58. The summed E-state index contributed by atoms with van der Waals surface area (Å²) in [5.74, 6) is 1.54. The maximum Gasteiger partial charge on any atom is 0.225 e. The zero-order chi connectivity index (χ0) is 16.4. The SMILES string of the molecule is CCCC(O)(CCC)CC(=O)N1CC2CN3CCCCC3C2C1. The van der Waals surface area contributed by atoms with Crippen LogP contribution in [0.2, 0.25) is 0 Å². The second-order valence-corrected chi connectivity index (χ2v) is 8.18. The van der Waals surface area contributed by atoms with Crippen molar-refractivity contribution in [3.8, 4) is 0 Å². The lowest BCUT2D eigenvalue weighted by Gasteiger charge is -2.34. The largest absolute Gasteiger partial charge is 0.389 e. The predicted molar refractivity (Wildman–Crippen MR) is 92.2 cm³/mol. The second kappa shape index (κ2) is 7.10. The first kappa shape index (κ1) is 17.2. The van der Waals surface area contributed by atoms with Crippen molar-refractivity contribution >= 4 is 5.91 Å². The van der Waals surface area contributed by atoms with Crippen molar-refractivity contribution in [3.63, 3.8) is 0 Å². The minimum absolute atomic E-state index is 0.186. The van der Waals surface area contributed by atoms with Crippen LogP contribution in [0.3, 0.4) is 0 Å². The van der Waals surface area contributed by atoms with Crippen molar-refractivity contribution < 1.29 is 9.90 Å². The van der Waals surface area contributed by atoms with E-state index in [2.05, 4.69) is 23.6 Å². The van der Waals surface area contributed by atoms with Crippen LogP contribution in [0.1, 0.15) is 65.2 Å². The Bertz CT molecular complexity index is 420. The first-order chi connectivity index (χ1) is 11.1. The molecular formula is C19H34N2O2. The van der Waals surface area contributed by atoms with E-state index in [1.165, 1.54) is 32.4 Å². The molecule has 3 fully saturated rings. The Labute approximate surface area is 141 Å². The highest BCUT2D eigenvalue weighted by Gasteiger charge is 2.48. The van der Waals surface area contributed by atoms with Gasteiger partial charge < -0.3 is 10.0 Å². The number of nitrogens with zero attached hydrogens (tertiary/aromatic N) is 2. The Morgan fingerprint density at radius 3 is 2.57 bits per heavy atom. The maximum atomic E-state index is 12.8. The number of aliphatic hydroxyl groups is 1. The summed E-state index contributed by atoms with van der Waals surface area (Å²) >= 11 is 0. The summed E-state index contributed by atoms with van der Waals surface area (Å²) in [7, 11) is 0. The molecule has 3 aliphatic rings. The first-order valence-corrected chi connectivity index (χ1v) is 9.80. The van der Waals surface area contributed by atoms with Gasteiger partial charge in [0.2, 0.25) is 5.91 Å². The summed E-state index contributed by atoms with van der Waals surface area (Å²) < 4.78 is 0. The monoisotopic (exact) mass is 322 g/mol. The molecule has 3 heterocycles. The molecule has 0 bridgehead atoms. The van der Waals surface area contributed by atoms with E-state index in [4.69, 9.17) is 0 Å². The molecule has 4 heteroatoms. The minimum atomic E-state index is -0.783. The number of likely N-dealkylation sites (tertiary alicyclic amines) is 1. The summed E-state index contributed by atoms with van der Waals surface area (Å²) in [5.41, 5.74) is -0.783. The van der Waals surface area contributed by atoms with Crippen LogP contribution in [-0.4, -0.2) is 58.6 Å². The Hall–Kier alpha value is -0.610. The molecule has 3 rings (SSSR count). The number of rotatable bonds is 6. The van der Waals surface area contributed by atoms with Gasteiger partial charge in [0.05, 0.1) is 12.0 Å². The highest BCUT2D eigenvalue weighted by atomic mass is 16.3. The molecule has 0 saturated carbocycles. The molecule has 1 amide bonds. The standard InChI is InChI=1S/C19H34N2O2/c1-3-8-19(23,9-4-2)11-18(22)21-13-15-12-20-10-6-5-7-17(20)16(15)14-21/h15-17,23H,3-14H2,1-2H3. The van der Waals surface area contributed by atoms with Crippen molar-refractivity contribution in [1.82, 2.24) is 9.80 Å². The van der Waals surface area contributed by atoms with E-state index in [-0.39, 0.29) is 5.91 Å². The normalized spacial score (nSPS) is 31.3. The Kier molecular flexibility index (Phi) is 5.32. The van der Waals surface area contributed by atoms with E-state index < -0.39 is 5.60 Å². The van der Waals surface area contributed by atoms with Gasteiger partial charge in [-0.1, -0.05) is 33.1 Å². The van der Waals surface area contributed by atoms with Crippen LogP contribution in [0.25, 0.3) is 0 Å². The van der Waals surface area contributed by atoms with Gasteiger partial charge in [0.1, 0.15) is 0 Å². The number of hydrogen-bond donors (Lipinski definition) is 1. The number of carbonyl (C=O) groups excluding carboxylic acids is 1. The van der Waals surface area contributed by atoms with Crippen LogP contribution in [0, 0.1) is 11.8 Å². The molecule has 3 atom stereocenters. The van der Waals surface area contributed by atoms with Gasteiger partial charge in [-0.15, -0.1) is 0 Å². The zero-order valence-electron chi connectivity index (χ0n) is 15.0. The van der Waals surface area contributed by atoms with Gasteiger partial charge in [0.15, 0.2) is 0 Å². The van der Waals surface area contributed by atoms with E-state index in [0.717, 1.165) is 44.8 Å². The number of piperidine rings is 1. The van der Waals surface area contributed by atoms with Crippen molar-refractivity contribution in [1.29, 1.82) is 0 Å². The molecular weight excluding hydrogens is 288 g/mol. The molecule has 3 aliphatic heterocycles. The van der Waals surface area contributed by atoms with E-state index in [1.54, 1.807) is 0 Å². The fourth-order valence-electron chi connectivity index (χ4n) is 5.38. The predicted octanol–water partition coefficient (Wildman–Crippen LogP) is 2.65. The fourth-order valence-corrected chi connectivity index (χ4v) is 5.38. The smallest absolute Gasteiger partial charge is 0.225 e. The van der Waals surface area contributed by atoms with Gasteiger partial charge in [0.25, 0.3) is 0 Å². The van der Waals surface area contributed by atoms with E-state index in [0.29, 0.717) is 18.3 Å². The average molecular weight is 322 g/mol. The molecule has 23 heavy (non-hydrogen) atoms. The van der Waals surface area contributed by atoms with E-state index in [9.17, 15) is 9.90 Å². The molecule has 3 unspecified atom stereocenters. The maximum absolute atomic E-state index is 12.8. The summed E-state index contributed by atoms with van der Waals surface area (Å²) in [6.45, 7) is 8.47. The van der Waals surface area contributed by atoms with E-state index in [1.807, 2.05) is 0 Å². The molecule has 0 aromatic rings. The molecule has 0 radical (unpaired) electrons. The molecule has 0 aromatic carbocycles. The third kappa shape index (κ3) is 3.58. The summed E-state index contributed by atoms with van der Waals surface area (Å²) in [6.07, 6.45) is 7.69.